The first kappa shape index (κ1) is 29.2. The number of halogens is 12. The standard InChI is InChI=1S/C21H24F12O3/c1-3-10(2)13(34)36-17(20(28,29)30,21(31,32)33)15-7-11-4-12(8-15)6-14(5-11,9-15)16(35,18(22,23)24)19(25,26)27/h10-12,35H,3-9H2,1-2H3. The third kappa shape index (κ3) is 3.71. The van der Waals surface area contributed by atoms with E-state index in [0.29, 0.717) is 0 Å². The average Bonchev–Trinajstić information content (AvgIpc) is 2.65. The fourth-order valence-electron chi connectivity index (χ4n) is 7.26. The Kier molecular flexibility index (Phi) is 6.51. The smallest absolute Gasteiger partial charge is 0.438 e. The molecule has 0 aromatic rings. The zero-order valence-corrected chi connectivity index (χ0v) is 19.0. The summed E-state index contributed by atoms with van der Waals surface area (Å²) in [6.07, 6.45) is -32.4. The van der Waals surface area contributed by atoms with Crippen LogP contribution in [0.4, 0.5) is 52.7 Å². The number of alkyl halides is 12. The summed E-state index contributed by atoms with van der Waals surface area (Å²) in [4.78, 5) is 12.3. The van der Waals surface area contributed by atoms with Gasteiger partial charge in [0.05, 0.1) is 5.92 Å². The molecule has 0 saturated heterocycles. The summed E-state index contributed by atoms with van der Waals surface area (Å²) >= 11 is 0. The summed E-state index contributed by atoms with van der Waals surface area (Å²) in [5.41, 5.74) is -17.8. The van der Waals surface area contributed by atoms with E-state index >= 15 is 0 Å². The van der Waals surface area contributed by atoms with Gasteiger partial charge in [0, 0.05) is 10.8 Å². The summed E-state index contributed by atoms with van der Waals surface area (Å²) in [7, 11) is 0. The largest absolute Gasteiger partial charge is 0.439 e. The van der Waals surface area contributed by atoms with Gasteiger partial charge in [0.15, 0.2) is 0 Å². The monoisotopic (exact) mass is 552 g/mol. The Hall–Kier alpha value is -1.41. The van der Waals surface area contributed by atoms with Crippen molar-refractivity contribution >= 4 is 5.97 Å². The van der Waals surface area contributed by atoms with Crippen LogP contribution in [-0.4, -0.2) is 47.0 Å². The van der Waals surface area contributed by atoms with Crippen molar-refractivity contribution in [3.05, 3.63) is 0 Å². The molecule has 3 atom stereocenters. The fraction of sp³-hybridized carbons (Fsp3) is 0.952. The molecule has 0 spiro atoms. The maximum atomic E-state index is 14.5. The lowest BCUT2D eigenvalue weighted by Crippen LogP contribution is -2.78. The second-order valence-electron chi connectivity index (χ2n) is 10.6. The summed E-state index contributed by atoms with van der Waals surface area (Å²) in [5.74, 6) is -6.25. The minimum absolute atomic E-state index is 0.208. The van der Waals surface area contributed by atoms with Gasteiger partial charge >= 0.3 is 36.3 Å². The lowest BCUT2D eigenvalue weighted by Gasteiger charge is -2.68. The minimum Gasteiger partial charge on any atom is -0.439 e. The molecule has 0 heterocycles. The zero-order valence-electron chi connectivity index (χ0n) is 19.0. The maximum absolute atomic E-state index is 14.5. The summed E-state index contributed by atoms with van der Waals surface area (Å²) < 4.78 is 174. The number of esters is 1. The van der Waals surface area contributed by atoms with Crippen molar-refractivity contribution in [1.82, 2.24) is 0 Å². The van der Waals surface area contributed by atoms with Crippen LogP contribution in [0.25, 0.3) is 0 Å². The van der Waals surface area contributed by atoms with E-state index in [0.717, 1.165) is 6.92 Å². The Morgan fingerprint density at radius 2 is 1.19 bits per heavy atom. The van der Waals surface area contributed by atoms with E-state index in [1.165, 1.54) is 6.92 Å². The molecule has 4 bridgehead atoms. The van der Waals surface area contributed by atoms with Gasteiger partial charge < -0.3 is 9.84 Å². The average molecular weight is 552 g/mol. The van der Waals surface area contributed by atoms with Gasteiger partial charge in [0.25, 0.3) is 5.60 Å². The molecule has 4 aliphatic carbocycles. The van der Waals surface area contributed by atoms with E-state index in [-0.39, 0.29) is 12.8 Å². The molecule has 36 heavy (non-hydrogen) atoms. The molecule has 0 amide bonds. The Morgan fingerprint density at radius 1 is 0.806 bits per heavy atom. The van der Waals surface area contributed by atoms with Crippen LogP contribution in [0.1, 0.15) is 58.8 Å². The van der Waals surface area contributed by atoms with E-state index < -0.39 is 103 Å². The fourth-order valence-corrected chi connectivity index (χ4v) is 7.26. The number of hydrogen-bond donors (Lipinski definition) is 1. The van der Waals surface area contributed by atoms with E-state index in [1.54, 1.807) is 0 Å². The highest BCUT2D eigenvalue weighted by Crippen LogP contribution is 2.77. The molecular weight excluding hydrogens is 528 g/mol. The molecule has 210 valence electrons. The lowest BCUT2D eigenvalue weighted by molar-refractivity contribution is -0.449. The molecule has 4 rings (SSSR count). The predicted octanol–water partition coefficient (Wildman–Crippen LogP) is 6.88. The number of hydrogen-bond acceptors (Lipinski definition) is 3. The van der Waals surface area contributed by atoms with Crippen molar-refractivity contribution in [3.8, 4) is 0 Å². The second kappa shape index (κ2) is 8.05. The van der Waals surface area contributed by atoms with Gasteiger partial charge in [0.1, 0.15) is 0 Å². The number of rotatable bonds is 5. The molecule has 0 radical (unpaired) electrons. The van der Waals surface area contributed by atoms with E-state index in [9.17, 15) is 62.6 Å². The molecule has 4 saturated carbocycles. The first-order valence-corrected chi connectivity index (χ1v) is 11.2. The van der Waals surface area contributed by atoms with Crippen LogP contribution in [0.15, 0.2) is 0 Å². The van der Waals surface area contributed by atoms with Gasteiger partial charge in [-0.05, 0) is 56.8 Å². The van der Waals surface area contributed by atoms with Crippen LogP contribution in [0.2, 0.25) is 0 Å². The normalized spacial score (nSPS) is 32.5. The maximum Gasteiger partial charge on any atom is 0.438 e. The molecule has 3 unspecified atom stereocenters. The molecule has 4 fully saturated rings. The van der Waals surface area contributed by atoms with Crippen molar-refractivity contribution in [2.75, 3.05) is 0 Å². The van der Waals surface area contributed by atoms with Gasteiger partial charge in [-0.25, -0.2) is 0 Å². The number of ether oxygens (including phenoxy) is 1. The first-order chi connectivity index (χ1) is 15.9. The molecule has 0 aromatic carbocycles. The minimum atomic E-state index is -6.45. The molecule has 4 aliphatic rings. The van der Waals surface area contributed by atoms with Gasteiger partial charge in [-0.2, -0.15) is 52.7 Å². The summed E-state index contributed by atoms with van der Waals surface area (Å²) in [6, 6.07) is 0. The summed E-state index contributed by atoms with van der Waals surface area (Å²) in [6.45, 7) is 2.24. The van der Waals surface area contributed by atoms with Crippen molar-refractivity contribution in [1.29, 1.82) is 0 Å². The Labute approximate surface area is 197 Å². The van der Waals surface area contributed by atoms with E-state index in [1.807, 2.05) is 0 Å². The van der Waals surface area contributed by atoms with Crippen molar-refractivity contribution in [2.24, 2.45) is 28.6 Å². The lowest BCUT2D eigenvalue weighted by atomic mass is 9.37. The van der Waals surface area contributed by atoms with Crippen LogP contribution in [0.3, 0.4) is 0 Å². The first-order valence-electron chi connectivity index (χ1n) is 11.2. The predicted molar refractivity (Wildman–Crippen MR) is 97.0 cm³/mol. The highest BCUT2D eigenvalue weighted by Gasteiger charge is 2.89. The zero-order chi connectivity index (χ0) is 28.0. The van der Waals surface area contributed by atoms with Crippen molar-refractivity contribution < 1.29 is 67.3 Å². The van der Waals surface area contributed by atoms with Crippen LogP contribution in [0.5, 0.6) is 0 Å². The highest BCUT2D eigenvalue weighted by atomic mass is 19.4. The third-order valence-corrected chi connectivity index (χ3v) is 8.46. The Balaban J connectivity index is 2.33. The third-order valence-electron chi connectivity index (χ3n) is 8.46. The number of aliphatic hydroxyl groups is 1. The molecule has 0 aliphatic heterocycles. The van der Waals surface area contributed by atoms with Gasteiger partial charge in [-0.3, -0.25) is 4.79 Å². The molecular formula is C21H24F12O3. The van der Waals surface area contributed by atoms with Crippen LogP contribution in [-0.2, 0) is 9.53 Å². The Bertz CT molecular complexity index is 827. The SMILES string of the molecule is CCC(C)C(=O)OC(C(F)(F)F)(C(F)(F)F)C12CC3CC(CC(C(O)(C(F)(F)F)C(F)(F)F)(C3)C1)C2. The van der Waals surface area contributed by atoms with Crippen LogP contribution < -0.4 is 0 Å². The van der Waals surface area contributed by atoms with Crippen molar-refractivity contribution in [2.45, 2.75) is 94.7 Å². The molecule has 15 heteroatoms. The van der Waals surface area contributed by atoms with E-state index in [2.05, 4.69) is 4.74 Å². The molecule has 3 nitrogen and oxygen atoms in total. The number of carbonyl (C=O) groups excluding carboxylic acids is 1. The quantitative estimate of drug-likeness (QED) is 0.299. The van der Waals surface area contributed by atoms with Gasteiger partial charge in [-0.1, -0.05) is 13.8 Å². The number of carbonyl (C=O) groups is 1. The topological polar surface area (TPSA) is 46.5 Å². The van der Waals surface area contributed by atoms with E-state index in [4.69, 9.17) is 0 Å². The summed E-state index contributed by atoms with van der Waals surface area (Å²) in [5, 5.41) is 10.2. The Morgan fingerprint density at radius 3 is 1.53 bits per heavy atom. The molecule has 0 aromatic heterocycles. The van der Waals surface area contributed by atoms with Gasteiger partial charge in [-0.15, -0.1) is 0 Å². The van der Waals surface area contributed by atoms with Gasteiger partial charge in [0.2, 0.25) is 0 Å². The molecule has 1 N–H and O–H groups in total. The van der Waals surface area contributed by atoms with Crippen LogP contribution >= 0.6 is 0 Å². The van der Waals surface area contributed by atoms with Crippen molar-refractivity contribution in [3.63, 3.8) is 0 Å². The van der Waals surface area contributed by atoms with Crippen LogP contribution in [0, 0.1) is 28.6 Å². The highest BCUT2D eigenvalue weighted by molar-refractivity contribution is 5.72. The second-order valence-corrected chi connectivity index (χ2v) is 10.6.